The van der Waals surface area contributed by atoms with Crippen LogP contribution in [0.5, 0.6) is 0 Å². The largest absolute Gasteiger partial charge is 0.370 e. The van der Waals surface area contributed by atoms with E-state index < -0.39 is 27.7 Å². The van der Waals surface area contributed by atoms with E-state index in [1.54, 1.807) is 42.5 Å². The number of hydrogen-bond donors (Lipinski definition) is 2. The van der Waals surface area contributed by atoms with E-state index >= 15 is 0 Å². The molecule has 3 aromatic carbocycles. The molecule has 1 unspecified atom stereocenters. The van der Waals surface area contributed by atoms with Crippen molar-refractivity contribution in [1.29, 1.82) is 0 Å². The molecule has 2 heterocycles. The molecule has 0 saturated carbocycles. The minimum Gasteiger partial charge on any atom is -0.370 e. The zero-order valence-corrected chi connectivity index (χ0v) is 22.5. The Labute approximate surface area is 228 Å². The molecule has 0 radical (unpaired) electrons. The molecule has 1 atom stereocenters. The van der Waals surface area contributed by atoms with Crippen LogP contribution in [0, 0.1) is 11.6 Å². The van der Waals surface area contributed by atoms with Crippen molar-refractivity contribution in [3.8, 4) is 0 Å². The van der Waals surface area contributed by atoms with E-state index in [4.69, 9.17) is 5.73 Å². The van der Waals surface area contributed by atoms with Crippen molar-refractivity contribution in [2.75, 3.05) is 13.1 Å². The van der Waals surface area contributed by atoms with Crippen LogP contribution >= 0.6 is 28.3 Å². The summed E-state index contributed by atoms with van der Waals surface area (Å²) < 4.78 is 57.4. The Morgan fingerprint density at radius 2 is 1.68 bits per heavy atom. The summed E-state index contributed by atoms with van der Waals surface area (Å²) in [5, 5.41) is 3.06. The topological polar surface area (TPSA) is 87.8 Å². The maximum absolute atomic E-state index is 14.1. The molecule has 6 nitrogen and oxygen atoms in total. The van der Waals surface area contributed by atoms with E-state index in [1.165, 1.54) is 40.7 Å². The SMILES string of the molecule is Cl.NC1=NC(c2cccc(F)c2)C2=C(N1)/C(=C/c1cccc(F)c1)CN(S(=O)(=O)c1ccc(Br)cc1)C2. The molecule has 0 spiro atoms. The van der Waals surface area contributed by atoms with Gasteiger partial charge < -0.3 is 11.1 Å². The molecule has 192 valence electrons. The third kappa shape index (κ3) is 5.62. The van der Waals surface area contributed by atoms with Crippen molar-refractivity contribution in [3.05, 3.63) is 117 Å². The molecule has 37 heavy (non-hydrogen) atoms. The van der Waals surface area contributed by atoms with Crippen LogP contribution in [-0.2, 0) is 10.0 Å². The monoisotopic (exact) mass is 606 g/mol. The second-order valence-corrected chi connectivity index (χ2v) is 11.3. The maximum atomic E-state index is 14.1. The first kappa shape index (κ1) is 27.0. The lowest BCUT2D eigenvalue weighted by atomic mass is 9.90. The highest BCUT2D eigenvalue weighted by atomic mass is 79.9. The number of guanidine groups is 1. The van der Waals surface area contributed by atoms with Crippen LogP contribution in [0.2, 0.25) is 0 Å². The summed E-state index contributed by atoms with van der Waals surface area (Å²) in [4.78, 5) is 4.61. The van der Waals surface area contributed by atoms with Gasteiger partial charge in [0.1, 0.15) is 17.7 Å². The van der Waals surface area contributed by atoms with Crippen molar-refractivity contribution in [2.45, 2.75) is 10.9 Å². The van der Waals surface area contributed by atoms with Crippen LogP contribution < -0.4 is 11.1 Å². The van der Waals surface area contributed by atoms with Crippen molar-refractivity contribution < 1.29 is 17.2 Å². The predicted octanol–water partition coefficient (Wildman–Crippen LogP) is 5.15. The molecule has 3 N–H and O–H groups in total. The Balaban J connectivity index is 0.00000320. The quantitative estimate of drug-likeness (QED) is 0.430. The lowest BCUT2D eigenvalue weighted by Gasteiger charge is -2.37. The van der Waals surface area contributed by atoms with Gasteiger partial charge in [-0.3, -0.25) is 0 Å². The molecule has 0 saturated heterocycles. The minimum absolute atomic E-state index is 0. The van der Waals surface area contributed by atoms with Gasteiger partial charge in [-0.25, -0.2) is 22.2 Å². The van der Waals surface area contributed by atoms with Crippen LogP contribution in [0.4, 0.5) is 8.78 Å². The Hall–Kier alpha value is -3.05. The zero-order valence-electron chi connectivity index (χ0n) is 19.2. The van der Waals surface area contributed by atoms with Crippen LogP contribution in [0.3, 0.4) is 0 Å². The molecule has 0 fully saturated rings. The molecule has 11 heteroatoms. The summed E-state index contributed by atoms with van der Waals surface area (Å²) in [6.07, 6.45) is 1.72. The lowest BCUT2D eigenvalue weighted by molar-refractivity contribution is 0.436. The van der Waals surface area contributed by atoms with E-state index in [9.17, 15) is 17.2 Å². The first-order chi connectivity index (χ1) is 17.2. The van der Waals surface area contributed by atoms with Gasteiger partial charge in [-0.2, -0.15) is 4.31 Å². The van der Waals surface area contributed by atoms with Gasteiger partial charge >= 0.3 is 0 Å². The van der Waals surface area contributed by atoms with E-state index in [0.717, 1.165) is 4.47 Å². The molecule has 3 aromatic rings. The maximum Gasteiger partial charge on any atom is 0.243 e. The van der Waals surface area contributed by atoms with Crippen molar-refractivity contribution >= 4 is 50.4 Å². The van der Waals surface area contributed by atoms with Gasteiger partial charge in [0.2, 0.25) is 10.0 Å². The van der Waals surface area contributed by atoms with Gasteiger partial charge in [0.05, 0.1) is 4.90 Å². The van der Waals surface area contributed by atoms with E-state index in [0.29, 0.717) is 28.0 Å². The number of hydrogen-bond acceptors (Lipinski definition) is 5. The fourth-order valence-corrected chi connectivity index (χ4v) is 6.02. The van der Waals surface area contributed by atoms with Gasteiger partial charge in [-0.1, -0.05) is 40.2 Å². The normalized spacial score (nSPS) is 19.1. The highest BCUT2D eigenvalue weighted by molar-refractivity contribution is 9.10. The molecule has 0 amide bonds. The Bertz CT molecular complexity index is 1540. The smallest absolute Gasteiger partial charge is 0.243 e. The second kappa shape index (κ2) is 10.7. The van der Waals surface area contributed by atoms with Gasteiger partial charge in [-0.05, 0) is 76.9 Å². The highest BCUT2D eigenvalue weighted by Crippen LogP contribution is 2.38. The van der Waals surface area contributed by atoms with Crippen molar-refractivity contribution in [2.24, 2.45) is 10.7 Å². The Morgan fingerprint density at radius 3 is 2.35 bits per heavy atom. The van der Waals surface area contributed by atoms with Gasteiger partial charge in [0, 0.05) is 23.3 Å². The third-order valence-corrected chi connectivity index (χ3v) is 8.33. The van der Waals surface area contributed by atoms with E-state index in [2.05, 4.69) is 26.2 Å². The molecule has 0 bridgehead atoms. The average molecular weight is 608 g/mol. The lowest BCUT2D eigenvalue weighted by Crippen LogP contribution is -2.46. The molecular weight excluding hydrogens is 586 g/mol. The second-order valence-electron chi connectivity index (χ2n) is 8.45. The molecule has 5 rings (SSSR count). The fourth-order valence-electron chi connectivity index (χ4n) is 4.35. The number of benzene rings is 3. The molecular formula is C26H22BrClF2N4O2S. The molecule has 2 aliphatic heterocycles. The molecule has 0 aliphatic carbocycles. The number of nitrogens with two attached hydrogens (primary N) is 1. The number of aliphatic imine (C=N–C) groups is 1. The van der Waals surface area contributed by atoms with Crippen LogP contribution in [-0.4, -0.2) is 31.8 Å². The number of halogens is 4. The highest BCUT2D eigenvalue weighted by Gasteiger charge is 2.37. The summed E-state index contributed by atoms with van der Waals surface area (Å²) in [6.45, 7) is 0.0308. The number of sulfonamides is 1. The van der Waals surface area contributed by atoms with Crippen molar-refractivity contribution in [1.82, 2.24) is 9.62 Å². The zero-order chi connectivity index (χ0) is 25.4. The fraction of sp³-hybridized carbons (Fsp3) is 0.115. The average Bonchev–Trinajstić information content (AvgIpc) is 2.84. The summed E-state index contributed by atoms with van der Waals surface area (Å²) in [6, 6.07) is 17.7. The first-order valence-electron chi connectivity index (χ1n) is 11.0. The number of rotatable bonds is 4. The van der Waals surface area contributed by atoms with Gasteiger partial charge in [0.15, 0.2) is 5.96 Å². The summed E-state index contributed by atoms with van der Waals surface area (Å²) >= 11 is 3.33. The predicted molar refractivity (Wildman–Crippen MR) is 145 cm³/mol. The van der Waals surface area contributed by atoms with Crippen LogP contribution in [0.15, 0.2) is 104 Å². The van der Waals surface area contributed by atoms with Crippen LogP contribution in [0.25, 0.3) is 6.08 Å². The van der Waals surface area contributed by atoms with Gasteiger partial charge in [0.25, 0.3) is 0 Å². The number of nitrogens with zero attached hydrogens (tertiary/aromatic N) is 2. The van der Waals surface area contributed by atoms with Crippen molar-refractivity contribution in [3.63, 3.8) is 0 Å². The van der Waals surface area contributed by atoms with Gasteiger partial charge in [-0.15, -0.1) is 12.4 Å². The summed E-state index contributed by atoms with van der Waals surface area (Å²) in [7, 11) is -3.91. The molecule has 0 aromatic heterocycles. The summed E-state index contributed by atoms with van der Waals surface area (Å²) in [5.74, 6) is -0.728. The van der Waals surface area contributed by atoms with Crippen LogP contribution in [0.1, 0.15) is 17.2 Å². The Morgan fingerprint density at radius 1 is 1.00 bits per heavy atom. The van der Waals surface area contributed by atoms with E-state index in [1.807, 2.05) is 0 Å². The third-order valence-electron chi connectivity index (χ3n) is 5.99. The molecule has 2 aliphatic rings. The first-order valence-corrected chi connectivity index (χ1v) is 13.2. The Kier molecular flexibility index (Phi) is 7.84. The van der Waals surface area contributed by atoms with E-state index in [-0.39, 0.29) is 36.4 Å². The number of nitrogens with one attached hydrogen (secondary N) is 1. The minimum atomic E-state index is -3.91. The standard InChI is InChI=1S/C26H21BrF2N4O2S.ClH/c27-19-7-9-22(10-8-19)36(34,35)33-14-18(11-16-3-1-5-20(28)12-16)25-23(15-33)24(31-26(30)32-25)17-4-2-6-21(29)13-17;/h1-13,24H,14-15H2,(H3,30,31,32);1H/b18-11+;. The summed E-state index contributed by atoms with van der Waals surface area (Å²) in [5.41, 5.74) is 9.00.